The number of nitrogens with zero attached hydrogens (tertiary/aromatic N) is 2. The van der Waals surface area contributed by atoms with E-state index in [1.807, 2.05) is 30.3 Å². The summed E-state index contributed by atoms with van der Waals surface area (Å²) in [5, 5.41) is 4.11. The van der Waals surface area contributed by atoms with Crippen molar-refractivity contribution >= 4 is 5.78 Å². The van der Waals surface area contributed by atoms with E-state index in [2.05, 4.69) is 36.1 Å². The molecule has 0 atom stereocenters. The molecule has 0 unspecified atom stereocenters. The molecule has 3 aromatic rings. The Hall–Kier alpha value is -2.75. The Morgan fingerprint density at radius 3 is 2.56 bits per heavy atom. The Morgan fingerprint density at radius 2 is 1.80 bits per heavy atom. The summed E-state index contributed by atoms with van der Waals surface area (Å²) in [5.74, 6) is 1.93. The summed E-state index contributed by atoms with van der Waals surface area (Å²) < 4.78 is 5.44. The van der Waals surface area contributed by atoms with E-state index in [9.17, 15) is 4.79 Å². The van der Waals surface area contributed by atoms with Gasteiger partial charge in [-0.2, -0.15) is 4.98 Å². The average Bonchev–Trinajstić information content (AvgIpc) is 3.22. The summed E-state index contributed by atoms with van der Waals surface area (Å²) in [5.41, 5.74) is 5.02. The van der Waals surface area contributed by atoms with E-state index in [0.717, 1.165) is 35.1 Å². The number of aromatic nitrogens is 2. The molecule has 0 fully saturated rings. The van der Waals surface area contributed by atoms with Gasteiger partial charge in [0.15, 0.2) is 5.78 Å². The van der Waals surface area contributed by atoms with Gasteiger partial charge in [-0.1, -0.05) is 43.3 Å². The van der Waals surface area contributed by atoms with Crippen LogP contribution < -0.4 is 0 Å². The first kappa shape index (κ1) is 15.8. The highest BCUT2D eigenvalue weighted by atomic mass is 16.5. The van der Waals surface area contributed by atoms with Crippen LogP contribution >= 0.6 is 0 Å². The molecule has 2 aromatic carbocycles. The standard InChI is InChI=1S/C21H20N2O2/c1-13(2)11-14-3-5-15(6-4-14)21-22-20(23-25-21)17-7-9-18-16(12-17)8-10-19(18)24/h3-7,9,12-13H,8,10-11H2,1-2H3. The predicted molar refractivity (Wildman–Crippen MR) is 96.4 cm³/mol. The summed E-state index contributed by atoms with van der Waals surface area (Å²) in [4.78, 5) is 16.3. The van der Waals surface area contributed by atoms with Gasteiger partial charge in [0.2, 0.25) is 5.82 Å². The summed E-state index contributed by atoms with van der Waals surface area (Å²) in [7, 11) is 0. The topological polar surface area (TPSA) is 56.0 Å². The van der Waals surface area contributed by atoms with Crippen LogP contribution in [0.25, 0.3) is 22.8 Å². The van der Waals surface area contributed by atoms with Gasteiger partial charge in [0, 0.05) is 23.1 Å². The second-order valence-corrected chi connectivity index (χ2v) is 7.01. The fourth-order valence-electron chi connectivity index (χ4n) is 3.31. The number of rotatable bonds is 4. The van der Waals surface area contributed by atoms with Gasteiger partial charge in [-0.05, 0) is 48.1 Å². The molecule has 4 nitrogen and oxygen atoms in total. The molecular formula is C21H20N2O2. The third-order valence-electron chi connectivity index (χ3n) is 4.56. The Balaban J connectivity index is 1.59. The lowest BCUT2D eigenvalue weighted by Gasteiger charge is -2.04. The smallest absolute Gasteiger partial charge is 0.258 e. The van der Waals surface area contributed by atoms with E-state index in [4.69, 9.17) is 4.52 Å². The van der Waals surface area contributed by atoms with Gasteiger partial charge < -0.3 is 4.52 Å². The van der Waals surface area contributed by atoms with Crippen molar-refractivity contribution in [2.75, 3.05) is 0 Å². The molecule has 0 radical (unpaired) electrons. The minimum atomic E-state index is 0.219. The first-order valence-electron chi connectivity index (χ1n) is 8.69. The number of aryl methyl sites for hydroxylation is 1. The molecule has 0 amide bonds. The number of hydrogen-bond donors (Lipinski definition) is 0. The predicted octanol–water partition coefficient (Wildman–Crippen LogP) is 4.73. The average molecular weight is 332 g/mol. The van der Waals surface area contributed by atoms with Crippen LogP contribution in [0, 0.1) is 5.92 Å². The van der Waals surface area contributed by atoms with E-state index in [1.54, 1.807) is 0 Å². The number of Topliss-reactive ketones (excluding diaryl/α,β-unsaturated/α-hetero) is 1. The van der Waals surface area contributed by atoms with Crippen LogP contribution in [-0.2, 0) is 12.8 Å². The van der Waals surface area contributed by atoms with Crippen molar-refractivity contribution in [1.29, 1.82) is 0 Å². The fraction of sp³-hybridized carbons (Fsp3) is 0.286. The van der Waals surface area contributed by atoms with Crippen molar-refractivity contribution in [3.05, 3.63) is 59.2 Å². The van der Waals surface area contributed by atoms with Crippen LogP contribution in [0.2, 0.25) is 0 Å². The zero-order valence-electron chi connectivity index (χ0n) is 14.5. The van der Waals surface area contributed by atoms with E-state index in [0.29, 0.717) is 24.1 Å². The number of hydrogen-bond acceptors (Lipinski definition) is 4. The third kappa shape index (κ3) is 3.12. The molecule has 0 bridgehead atoms. The Bertz CT molecular complexity index is 923. The van der Waals surface area contributed by atoms with Crippen LogP contribution in [-0.4, -0.2) is 15.9 Å². The van der Waals surface area contributed by atoms with Gasteiger partial charge in [0.1, 0.15) is 0 Å². The van der Waals surface area contributed by atoms with Crippen LogP contribution in [0.5, 0.6) is 0 Å². The molecule has 0 N–H and O–H groups in total. The van der Waals surface area contributed by atoms with E-state index < -0.39 is 0 Å². The quantitative estimate of drug-likeness (QED) is 0.693. The van der Waals surface area contributed by atoms with Gasteiger partial charge in [-0.25, -0.2) is 0 Å². The summed E-state index contributed by atoms with van der Waals surface area (Å²) in [6.45, 7) is 4.42. The molecule has 4 rings (SSSR count). The van der Waals surface area contributed by atoms with E-state index in [-0.39, 0.29) is 5.78 Å². The van der Waals surface area contributed by atoms with Gasteiger partial charge in [0.05, 0.1) is 0 Å². The number of fused-ring (bicyclic) bond motifs is 1. The van der Waals surface area contributed by atoms with Crippen LogP contribution in [0.4, 0.5) is 0 Å². The fourth-order valence-corrected chi connectivity index (χ4v) is 3.31. The Labute approximate surface area is 146 Å². The maximum Gasteiger partial charge on any atom is 0.258 e. The molecule has 126 valence electrons. The molecule has 0 spiro atoms. The molecule has 1 heterocycles. The van der Waals surface area contributed by atoms with Gasteiger partial charge in [0.25, 0.3) is 5.89 Å². The molecule has 25 heavy (non-hydrogen) atoms. The zero-order valence-corrected chi connectivity index (χ0v) is 14.5. The minimum absolute atomic E-state index is 0.219. The second-order valence-electron chi connectivity index (χ2n) is 7.01. The lowest BCUT2D eigenvalue weighted by molar-refractivity contribution is 0.0994. The Kier molecular flexibility index (Phi) is 3.96. The van der Waals surface area contributed by atoms with Gasteiger partial charge >= 0.3 is 0 Å². The van der Waals surface area contributed by atoms with Crippen molar-refractivity contribution in [2.45, 2.75) is 33.1 Å². The second kappa shape index (κ2) is 6.28. The van der Waals surface area contributed by atoms with Gasteiger partial charge in [-0.15, -0.1) is 0 Å². The van der Waals surface area contributed by atoms with Gasteiger partial charge in [-0.3, -0.25) is 4.79 Å². The molecule has 0 saturated carbocycles. The maximum atomic E-state index is 11.7. The first-order chi connectivity index (χ1) is 12.1. The van der Waals surface area contributed by atoms with Crippen LogP contribution in [0.3, 0.4) is 0 Å². The lowest BCUT2D eigenvalue weighted by Crippen LogP contribution is -1.93. The lowest BCUT2D eigenvalue weighted by atomic mass is 10.0. The zero-order chi connectivity index (χ0) is 17.4. The van der Waals surface area contributed by atoms with Crippen molar-refractivity contribution < 1.29 is 9.32 Å². The summed E-state index contributed by atoms with van der Waals surface area (Å²) in [6, 6.07) is 14.0. The summed E-state index contributed by atoms with van der Waals surface area (Å²) in [6.07, 6.45) is 2.45. The first-order valence-corrected chi connectivity index (χ1v) is 8.69. The highest BCUT2D eigenvalue weighted by Gasteiger charge is 2.20. The number of carbonyl (C=O) groups excluding carboxylic acids is 1. The highest BCUT2D eigenvalue weighted by molar-refractivity contribution is 6.00. The molecule has 1 aliphatic rings. The van der Waals surface area contributed by atoms with Crippen molar-refractivity contribution in [1.82, 2.24) is 10.1 Å². The van der Waals surface area contributed by atoms with Crippen molar-refractivity contribution in [3.8, 4) is 22.8 Å². The highest BCUT2D eigenvalue weighted by Crippen LogP contribution is 2.28. The number of ketones is 1. The van der Waals surface area contributed by atoms with Crippen molar-refractivity contribution in [3.63, 3.8) is 0 Å². The normalized spacial score (nSPS) is 13.5. The molecular weight excluding hydrogens is 312 g/mol. The Morgan fingerprint density at radius 1 is 1.04 bits per heavy atom. The largest absolute Gasteiger partial charge is 0.334 e. The van der Waals surface area contributed by atoms with Crippen LogP contribution in [0.15, 0.2) is 47.0 Å². The minimum Gasteiger partial charge on any atom is -0.334 e. The SMILES string of the molecule is CC(C)Cc1ccc(-c2nc(-c3ccc4c(c3)CCC4=O)no2)cc1. The molecule has 0 saturated heterocycles. The maximum absolute atomic E-state index is 11.7. The van der Waals surface area contributed by atoms with Crippen molar-refractivity contribution in [2.24, 2.45) is 5.92 Å². The molecule has 0 aliphatic heterocycles. The van der Waals surface area contributed by atoms with Crippen LogP contribution in [0.1, 0.15) is 41.8 Å². The molecule has 1 aliphatic carbocycles. The molecule has 1 aromatic heterocycles. The molecule has 4 heteroatoms. The number of benzene rings is 2. The number of carbonyl (C=O) groups is 1. The third-order valence-corrected chi connectivity index (χ3v) is 4.56. The summed E-state index contributed by atoms with van der Waals surface area (Å²) >= 11 is 0. The van der Waals surface area contributed by atoms with E-state index >= 15 is 0 Å². The van der Waals surface area contributed by atoms with E-state index in [1.165, 1.54) is 5.56 Å². The monoisotopic (exact) mass is 332 g/mol.